The first-order valence-electron chi connectivity index (χ1n) is 12.3. The first-order chi connectivity index (χ1) is 16.9. The Bertz CT molecular complexity index is 1270. The molecule has 4 aliphatic heterocycles. The molecule has 2 saturated heterocycles. The van der Waals surface area contributed by atoms with E-state index in [2.05, 4.69) is 14.8 Å². The van der Waals surface area contributed by atoms with Crippen LogP contribution < -0.4 is 14.7 Å². The molecule has 10 nitrogen and oxygen atoms in total. The maximum atomic E-state index is 13.6. The molecule has 11 heteroatoms. The first kappa shape index (κ1) is 22.7. The van der Waals surface area contributed by atoms with Gasteiger partial charge >= 0.3 is 0 Å². The lowest BCUT2D eigenvalue weighted by molar-refractivity contribution is -0.118. The number of carbonyl (C=O) groups is 1. The van der Waals surface area contributed by atoms with Gasteiger partial charge in [0, 0.05) is 64.0 Å². The molecule has 0 atom stereocenters. The molecule has 0 N–H and O–H groups in total. The van der Waals surface area contributed by atoms with Gasteiger partial charge in [-0.05, 0) is 43.0 Å². The van der Waals surface area contributed by atoms with Crippen LogP contribution in [0.5, 0.6) is 0 Å². The summed E-state index contributed by atoms with van der Waals surface area (Å²) in [6.45, 7) is 7.41. The Hall–Kier alpha value is -2.76. The van der Waals surface area contributed by atoms with Crippen LogP contribution >= 0.6 is 0 Å². The van der Waals surface area contributed by atoms with Crippen LogP contribution in [0.1, 0.15) is 23.2 Å². The third kappa shape index (κ3) is 4.05. The Balaban J connectivity index is 1.19. The summed E-state index contributed by atoms with van der Waals surface area (Å²) in [5, 5.41) is 0. The minimum absolute atomic E-state index is 0.137. The number of morpholine rings is 1. The van der Waals surface area contributed by atoms with Crippen molar-refractivity contribution < 1.29 is 17.9 Å². The number of hydrogen-bond donors (Lipinski definition) is 0. The van der Waals surface area contributed by atoms with E-state index >= 15 is 0 Å². The number of aromatic nitrogens is 2. The minimum atomic E-state index is -3.62. The minimum Gasteiger partial charge on any atom is -0.378 e. The molecular weight excluding hydrogens is 468 g/mol. The van der Waals surface area contributed by atoms with E-state index in [0.29, 0.717) is 76.0 Å². The first-order valence-corrected chi connectivity index (χ1v) is 13.7. The summed E-state index contributed by atoms with van der Waals surface area (Å²) in [6, 6.07) is 5.55. The van der Waals surface area contributed by atoms with Crippen LogP contribution in [0.15, 0.2) is 23.1 Å². The molecule has 0 saturated carbocycles. The van der Waals surface area contributed by atoms with E-state index in [0.717, 1.165) is 41.4 Å². The normalized spacial score (nSPS) is 20.9. The number of carbonyl (C=O) groups excluding carboxylic acids is 1. The highest BCUT2D eigenvalue weighted by Crippen LogP contribution is 2.39. The fourth-order valence-electron chi connectivity index (χ4n) is 5.48. The van der Waals surface area contributed by atoms with Crippen LogP contribution in [-0.2, 0) is 32.4 Å². The van der Waals surface area contributed by atoms with Gasteiger partial charge in [0.05, 0.1) is 23.8 Å². The molecule has 2 aromatic rings. The van der Waals surface area contributed by atoms with Crippen LogP contribution in [-0.4, -0.2) is 87.6 Å². The van der Waals surface area contributed by atoms with Crippen molar-refractivity contribution in [1.29, 1.82) is 0 Å². The van der Waals surface area contributed by atoms with E-state index in [-0.39, 0.29) is 5.91 Å². The molecule has 0 unspecified atom stereocenters. The van der Waals surface area contributed by atoms with E-state index in [1.807, 2.05) is 17.9 Å². The number of benzene rings is 1. The Morgan fingerprint density at radius 1 is 0.829 bits per heavy atom. The SMILES string of the molecule is Cc1cc(N2CCOCC2)nc(N2CCN(S(=O)(=O)c3cc4c5c(c3)CCN5C(=O)CC4)CC2)n1. The van der Waals surface area contributed by atoms with Crippen LogP contribution in [0, 0.1) is 6.92 Å². The number of nitrogens with zero attached hydrogens (tertiary/aromatic N) is 6. The Labute approximate surface area is 205 Å². The summed E-state index contributed by atoms with van der Waals surface area (Å²) in [7, 11) is -3.62. The fraction of sp³-hybridized carbons (Fsp3) is 0.542. The molecule has 2 fully saturated rings. The number of sulfonamides is 1. The monoisotopic (exact) mass is 498 g/mol. The summed E-state index contributed by atoms with van der Waals surface area (Å²) in [5.41, 5.74) is 3.78. The molecule has 1 amide bonds. The van der Waals surface area contributed by atoms with Gasteiger partial charge in [0.15, 0.2) is 0 Å². The summed E-state index contributed by atoms with van der Waals surface area (Å²) >= 11 is 0. The lowest BCUT2D eigenvalue weighted by atomic mass is 10.00. The molecule has 1 aromatic heterocycles. The molecule has 5 heterocycles. The van der Waals surface area contributed by atoms with E-state index in [9.17, 15) is 13.2 Å². The number of hydrogen-bond acceptors (Lipinski definition) is 8. The predicted octanol–water partition coefficient (Wildman–Crippen LogP) is 0.968. The lowest BCUT2D eigenvalue weighted by Crippen LogP contribution is -2.49. The second-order valence-electron chi connectivity index (χ2n) is 9.54. The van der Waals surface area contributed by atoms with E-state index in [1.165, 1.54) is 0 Å². The molecule has 186 valence electrons. The van der Waals surface area contributed by atoms with E-state index < -0.39 is 10.0 Å². The molecule has 0 bridgehead atoms. The highest BCUT2D eigenvalue weighted by molar-refractivity contribution is 7.89. The Kier molecular flexibility index (Phi) is 5.65. The van der Waals surface area contributed by atoms with Crippen LogP contribution in [0.4, 0.5) is 17.5 Å². The lowest BCUT2D eigenvalue weighted by Gasteiger charge is -2.35. The quantitative estimate of drug-likeness (QED) is 0.615. The number of ether oxygens (including phenoxy) is 1. The molecule has 0 radical (unpaired) electrons. The smallest absolute Gasteiger partial charge is 0.243 e. The molecule has 6 rings (SSSR count). The van der Waals surface area contributed by atoms with Crippen LogP contribution in [0.25, 0.3) is 0 Å². The highest BCUT2D eigenvalue weighted by Gasteiger charge is 2.35. The maximum absolute atomic E-state index is 13.6. The van der Waals surface area contributed by atoms with Gasteiger partial charge in [-0.1, -0.05) is 0 Å². The van der Waals surface area contributed by atoms with Gasteiger partial charge in [-0.3, -0.25) is 4.79 Å². The van der Waals surface area contributed by atoms with Crippen molar-refractivity contribution in [2.24, 2.45) is 0 Å². The van der Waals surface area contributed by atoms with E-state index in [1.54, 1.807) is 16.4 Å². The average molecular weight is 499 g/mol. The summed E-state index contributed by atoms with van der Waals surface area (Å²) in [6.07, 6.45) is 1.75. The number of anilines is 3. The zero-order valence-electron chi connectivity index (χ0n) is 19.9. The molecule has 0 aliphatic carbocycles. The molecule has 1 aromatic carbocycles. The van der Waals surface area contributed by atoms with Crippen molar-refractivity contribution in [3.63, 3.8) is 0 Å². The summed E-state index contributed by atoms with van der Waals surface area (Å²) in [5.74, 6) is 1.68. The predicted molar refractivity (Wildman–Crippen MR) is 132 cm³/mol. The maximum Gasteiger partial charge on any atom is 0.243 e. The average Bonchev–Trinajstić information content (AvgIpc) is 3.32. The van der Waals surface area contributed by atoms with Crippen molar-refractivity contribution in [2.45, 2.75) is 31.1 Å². The molecule has 4 aliphatic rings. The molecule has 0 spiro atoms. The number of rotatable bonds is 4. The second-order valence-corrected chi connectivity index (χ2v) is 11.5. The number of amides is 1. The fourth-order valence-corrected chi connectivity index (χ4v) is 7.01. The molecular formula is C24H30N6O4S. The third-order valence-electron chi connectivity index (χ3n) is 7.35. The van der Waals surface area contributed by atoms with Gasteiger partial charge in [0.2, 0.25) is 21.9 Å². The Morgan fingerprint density at radius 3 is 2.29 bits per heavy atom. The second kappa shape index (κ2) is 8.72. The Morgan fingerprint density at radius 2 is 1.54 bits per heavy atom. The van der Waals surface area contributed by atoms with Gasteiger partial charge in [0.25, 0.3) is 0 Å². The van der Waals surface area contributed by atoms with Crippen molar-refractivity contribution in [2.75, 3.05) is 73.7 Å². The standard InChI is InChI=1S/C24H30N6O4S/c1-17-14-21(27-10-12-34-13-11-27)26-24(25-17)28-6-8-29(9-7-28)35(32,33)20-15-18-2-3-22(31)30-5-4-19(16-20)23(18)30/h14-16H,2-13H2,1H3. The van der Waals surface area contributed by atoms with Crippen molar-refractivity contribution in [1.82, 2.24) is 14.3 Å². The van der Waals surface area contributed by atoms with Crippen molar-refractivity contribution >= 4 is 33.4 Å². The van der Waals surface area contributed by atoms with Gasteiger partial charge in [-0.25, -0.2) is 13.4 Å². The van der Waals surface area contributed by atoms with Gasteiger partial charge in [-0.15, -0.1) is 0 Å². The van der Waals surface area contributed by atoms with Crippen molar-refractivity contribution in [3.8, 4) is 0 Å². The topological polar surface area (TPSA) is 99.2 Å². The van der Waals surface area contributed by atoms with Crippen molar-refractivity contribution in [3.05, 3.63) is 35.0 Å². The third-order valence-corrected chi connectivity index (χ3v) is 9.22. The van der Waals surface area contributed by atoms with Crippen LogP contribution in [0.2, 0.25) is 0 Å². The molecule has 35 heavy (non-hydrogen) atoms. The number of aryl methyl sites for hydroxylation is 2. The zero-order chi connectivity index (χ0) is 24.2. The van der Waals surface area contributed by atoms with Gasteiger partial charge < -0.3 is 19.4 Å². The van der Waals surface area contributed by atoms with Gasteiger partial charge in [0.1, 0.15) is 5.82 Å². The number of piperazine rings is 1. The van der Waals surface area contributed by atoms with E-state index in [4.69, 9.17) is 9.72 Å². The summed E-state index contributed by atoms with van der Waals surface area (Å²) in [4.78, 5) is 28.1. The highest BCUT2D eigenvalue weighted by atomic mass is 32.2. The zero-order valence-corrected chi connectivity index (χ0v) is 20.8. The van der Waals surface area contributed by atoms with Gasteiger partial charge in [-0.2, -0.15) is 9.29 Å². The summed E-state index contributed by atoms with van der Waals surface area (Å²) < 4.78 is 34.1. The van der Waals surface area contributed by atoms with Crippen LogP contribution in [0.3, 0.4) is 0 Å². The largest absolute Gasteiger partial charge is 0.378 e.